The Bertz CT molecular complexity index is 1710. The summed E-state index contributed by atoms with van der Waals surface area (Å²) in [5.41, 5.74) is 5.22. The molecule has 5 rings (SSSR count). The van der Waals surface area contributed by atoms with E-state index in [1.54, 1.807) is 31.5 Å². The number of anilines is 2. The number of aromatic nitrogens is 1. The van der Waals surface area contributed by atoms with Gasteiger partial charge in [-0.15, -0.1) is 0 Å². The molecule has 0 saturated heterocycles. The molecule has 1 fully saturated rings. The number of halogens is 2. The highest BCUT2D eigenvalue weighted by molar-refractivity contribution is 6.15. The van der Waals surface area contributed by atoms with E-state index in [-0.39, 0.29) is 30.0 Å². The van der Waals surface area contributed by atoms with Gasteiger partial charge in [0.1, 0.15) is 17.0 Å². The summed E-state index contributed by atoms with van der Waals surface area (Å²) in [6.07, 6.45) is 3.62. The predicted octanol–water partition coefficient (Wildman–Crippen LogP) is 6.74. The molecular weight excluding hydrogens is 594 g/mol. The second-order valence-electron chi connectivity index (χ2n) is 11.2. The van der Waals surface area contributed by atoms with Crippen molar-refractivity contribution in [3.63, 3.8) is 0 Å². The molecule has 9 nitrogen and oxygen atoms in total. The molecule has 242 valence electrons. The first kappa shape index (κ1) is 32.6. The fourth-order valence-corrected chi connectivity index (χ4v) is 5.61. The summed E-state index contributed by atoms with van der Waals surface area (Å²) in [5.74, 6) is -1.35. The van der Waals surface area contributed by atoms with Crippen molar-refractivity contribution >= 4 is 34.1 Å². The average molecular weight is 633 g/mol. The monoisotopic (exact) mass is 632 g/mol. The molecule has 1 saturated carbocycles. The Morgan fingerprint density at radius 3 is 2.24 bits per heavy atom. The van der Waals surface area contributed by atoms with Gasteiger partial charge in [-0.25, -0.2) is 8.78 Å². The topological polar surface area (TPSA) is 107 Å². The fourth-order valence-electron chi connectivity index (χ4n) is 5.61. The van der Waals surface area contributed by atoms with Gasteiger partial charge in [-0.2, -0.15) is 0 Å². The minimum atomic E-state index is -1.41. The highest BCUT2D eigenvalue weighted by atomic mass is 19.1. The molecule has 1 aliphatic rings. The first-order valence-electron chi connectivity index (χ1n) is 15.4. The molecule has 1 aromatic heterocycles. The lowest BCUT2D eigenvalue weighted by molar-refractivity contribution is -0.145. The maximum absolute atomic E-state index is 15.7. The highest BCUT2D eigenvalue weighted by Crippen LogP contribution is 2.45. The molecule has 4 aromatic rings. The number of ether oxygens (including phenoxy) is 3. The van der Waals surface area contributed by atoms with Crippen molar-refractivity contribution in [2.45, 2.75) is 39.5 Å². The SMILES string of the molecule is CCN(CC)CCCOc1cc2nccc(Oc3ccc(N(C(=O)C4(C(N)=O)CCC4)c4ccc(F)cc4)cc3F)c2cc1OC. The quantitative estimate of drug-likeness (QED) is 0.121. The van der Waals surface area contributed by atoms with Crippen LogP contribution in [0.3, 0.4) is 0 Å². The van der Waals surface area contributed by atoms with Crippen molar-refractivity contribution in [1.29, 1.82) is 0 Å². The van der Waals surface area contributed by atoms with E-state index in [2.05, 4.69) is 23.7 Å². The third-order valence-corrected chi connectivity index (χ3v) is 8.53. The lowest BCUT2D eigenvalue weighted by atomic mass is 9.67. The zero-order valence-electron chi connectivity index (χ0n) is 26.2. The number of nitrogens with two attached hydrogens (primary N) is 1. The number of primary amides is 1. The van der Waals surface area contributed by atoms with Gasteiger partial charge in [-0.05, 0) is 80.9 Å². The van der Waals surface area contributed by atoms with Gasteiger partial charge in [-0.3, -0.25) is 19.5 Å². The standard InChI is InChI=1S/C35H38F2N4O5/c1-4-40(5-2)18-7-19-45-32-22-28-26(21-31(32)44-3)29(14-17-39-28)46-30-13-12-25(20-27(30)37)41(24-10-8-23(36)9-11-24)34(43)35(33(38)42)15-6-16-35/h8-14,17,20-22H,4-7,15-16,18-19H2,1-3H3,(H2,38,42). The van der Waals surface area contributed by atoms with Crippen molar-refractivity contribution in [2.75, 3.05) is 38.3 Å². The van der Waals surface area contributed by atoms with Crippen molar-refractivity contribution in [2.24, 2.45) is 11.1 Å². The lowest BCUT2D eigenvalue weighted by Crippen LogP contribution is -2.54. The maximum Gasteiger partial charge on any atom is 0.247 e. The Labute approximate surface area is 266 Å². The number of pyridine rings is 1. The van der Waals surface area contributed by atoms with Crippen LogP contribution in [0.15, 0.2) is 66.9 Å². The second-order valence-corrected chi connectivity index (χ2v) is 11.2. The van der Waals surface area contributed by atoms with Crippen LogP contribution in [0.25, 0.3) is 10.9 Å². The number of methoxy groups -OCH3 is 1. The lowest BCUT2D eigenvalue weighted by Gasteiger charge is -2.40. The van der Waals surface area contributed by atoms with Crippen LogP contribution in [0.1, 0.15) is 39.5 Å². The van der Waals surface area contributed by atoms with Crippen molar-refractivity contribution in [1.82, 2.24) is 9.88 Å². The molecule has 0 unspecified atom stereocenters. The molecule has 1 heterocycles. The number of hydrogen-bond donors (Lipinski definition) is 1. The molecular formula is C35H38F2N4O5. The van der Waals surface area contributed by atoms with E-state index in [0.29, 0.717) is 41.2 Å². The van der Waals surface area contributed by atoms with Crippen molar-refractivity contribution in [3.8, 4) is 23.0 Å². The Kier molecular flexibility index (Phi) is 10.0. The predicted molar refractivity (Wildman–Crippen MR) is 172 cm³/mol. The van der Waals surface area contributed by atoms with Crippen LogP contribution in [-0.4, -0.2) is 55.0 Å². The third kappa shape index (κ3) is 6.60. The number of nitrogens with zero attached hydrogens (tertiary/aromatic N) is 3. The number of rotatable bonds is 14. The van der Waals surface area contributed by atoms with E-state index in [1.807, 2.05) is 0 Å². The highest BCUT2D eigenvalue weighted by Gasteiger charge is 2.52. The van der Waals surface area contributed by atoms with E-state index >= 15 is 4.39 Å². The Morgan fingerprint density at radius 2 is 1.63 bits per heavy atom. The molecule has 0 radical (unpaired) electrons. The Morgan fingerprint density at radius 1 is 0.913 bits per heavy atom. The summed E-state index contributed by atoms with van der Waals surface area (Å²) in [6, 6.07) is 14.3. The summed E-state index contributed by atoms with van der Waals surface area (Å²) < 4.78 is 47.1. The first-order valence-corrected chi connectivity index (χ1v) is 15.4. The van der Waals surface area contributed by atoms with Gasteiger partial charge in [-0.1, -0.05) is 20.3 Å². The average Bonchev–Trinajstić information content (AvgIpc) is 3.02. The van der Waals surface area contributed by atoms with Crippen LogP contribution >= 0.6 is 0 Å². The summed E-state index contributed by atoms with van der Waals surface area (Å²) in [7, 11) is 1.54. The molecule has 0 bridgehead atoms. The molecule has 3 aromatic carbocycles. The molecule has 46 heavy (non-hydrogen) atoms. The van der Waals surface area contributed by atoms with Gasteiger partial charge in [0, 0.05) is 35.9 Å². The number of carbonyl (C=O) groups excluding carboxylic acids is 2. The number of benzene rings is 3. The van der Waals surface area contributed by atoms with E-state index < -0.39 is 28.9 Å². The van der Waals surface area contributed by atoms with Crippen LogP contribution in [-0.2, 0) is 9.59 Å². The summed E-state index contributed by atoms with van der Waals surface area (Å²) in [6.45, 7) is 7.64. The van der Waals surface area contributed by atoms with Gasteiger partial charge < -0.3 is 24.8 Å². The number of hydrogen-bond acceptors (Lipinski definition) is 7. The summed E-state index contributed by atoms with van der Waals surface area (Å²) >= 11 is 0. The van der Waals surface area contributed by atoms with Crippen LogP contribution in [0.5, 0.6) is 23.0 Å². The Hall–Kier alpha value is -4.77. The van der Waals surface area contributed by atoms with Gasteiger partial charge in [0.15, 0.2) is 23.1 Å². The normalized spacial score (nSPS) is 13.7. The largest absolute Gasteiger partial charge is 0.493 e. The van der Waals surface area contributed by atoms with Gasteiger partial charge in [0.05, 0.1) is 24.9 Å². The van der Waals surface area contributed by atoms with E-state index in [4.69, 9.17) is 19.9 Å². The molecule has 0 atom stereocenters. The molecule has 0 spiro atoms. The van der Waals surface area contributed by atoms with E-state index in [9.17, 15) is 14.0 Å². The van der Waals surface area contributed by atoms with Crippen molar-refractivity contribution in [3.05, 3.63) is 78.5 Å². The number of fused-ring (bicyclic) bond motifs is 1. The first-order chi connectivity index (χ1) is 22.2. The van der Waals surface area contributed by atoms with E-state index in [0.717, 1.165) is 32.1 Å². The van der Waals surface area contributed by atoms with Gasteiger partial charge in [0.2, 0.25) is 11.8 Å². The van der Waals surface area contributed by atoms with Crippen LogP contribution in [0.2, 0.25) is 0 Å². The zero-order chi connectivity index (χ0) is 32.8. The molecule has 2 N–H and O–H groups in total. The van der Waals surface area contributed by atoms with Crippen LogP contribution in [0, 0.1) is 17.0 Å². The summed E-state index contributed by atoms with van der Waals surface area (Å²) in [4.78, 5) is 34.1. The van der Waals surface area contributed by atoms with E-state index in [1.165, 1.54) is 41.3 Å². The van der Waals surface area contributed by atoms with Gasteiger partial charge >= 0.3 is 0 Å². The van der Waals surface area contributed by atoms with Crippen LogP contribution in [0.4, 0.5) is 20.2 Å². The summed E-state index contributed by atoms with van der Waals surface area (Å²) in [5, 5.41) is 0.579. The minimum Gasteiger partial charge on any atom is -0.493 e. The maximum atomic E-state index is 15.7. The number of carbonyl (C=O) groups is 2. The second kappa shape index (κ2) is 14.1. The zero-order valence-corrected chi connectivity index (χ0v) is 26.2. The minimum absolute atomic E-state index is 0.105. The number of amides is 2. The molecule has 11 heteroatoms. The third-order valence-electron chi connectivity index (χ3n) is 8.53. The molecule has 1 aliphatic carbocycles. The molecule has 0 aliphatic heterocycles. The fraction of sp³-hybridized carbons (Fsp3) is 0.343. The van der Waals surface area contributed by atoms with Crippen LogP contribution < -0.4 is 24.8 Å². The molecule has 2 amide bonds. The van der Waals surface area contributed by atoms with Gasteiger partial charge in [0.25, 0.3) is 0 Å². The Balaban J connectivity index is 1.41. The van der Waals surface area contributed by atoms with Crippen molar-refractivity contribution < 1.29 is 32.6 Å². The smallest absolute Gasteiger partial charge is 0.247 e.